The molecular weight excluding hydrogens is 414 g/mol. The standard InChI is InChI=1S/C19H29BCl2N2O2.CO2/c21-17-7-4-13(9-18(17)22)12-24-15-5-6-16(24)11-14(10-15)19(23)3-1-2-8-20(25)26;2-1-3/h4,7,9,14-16,19,25-26H,1-3,5-6,8,10-12,23H2;. The molecule has 1 aromatic rings. The number of benzene rings is 1. The molecule has 2 fully saturated rings. The first-order valence-corrected chi connectivity index (χ1v) is 10.9. The number of piperidine rings is 1. The summed E-state index contributed by atoms with van der Waals surface area (Å²) in [6, 6.07) is 7.38. The number of halogens is 2. The topological polar surface area (TPSA) is 104 Å². The van der Waals surface area contributed by atoms with Crippen LogP contribution in [-0.4, -0.2) is 46.3 Å². The first-order chi connectivity index (χ1) is 13.8. The fourth-order valence-corrected chi connectivity index (χ4v) is 5.04. The first kappa shape index (κ1) is 24.4. The molecule has 29 heavy (non-hydrogen) atoms. The van der Waals surface area contributed by atoms with Gasteiger partial charge in [-0.2, -0.15) is 9.59 Å². The monoisotopic (exact) mass is 442 g/mol. The van der Waals surface area contributed by atoms with Crippen LogP contribution in [0, 0.1) is 5.92 Å². The predicted molar refractivity (Wildman–Crippen MR) is 113 cm³/mol. The number of unbranched alkanes of at least 4 members (excludes halogenated alkanes) is 1. The maximum Gasteiger partial charge on any atom is 0.451 e. The van der Waals surface area contributed by atoms with Gasteiger partial charge in [0.15, 0.2) is 0 Å². The van der Waals surface area contributed by atoms with Crippen molar-refractivity contribution in [2.45, 2.75) is 75.9 Å². The van der Waals surface area contributed by atoms with Crippen molar-refractivity contribution in [2.24, 2.45) is 11.7 Å². The van der Waals surface area contributed by atoms with Gasteiger partial charge in [0.2, 0.25) is 0 Å². The fraction of sp³-hybridized carbons (Fsp3) is 0.650. The van der Waals surface area contributed by atoms with Crippen LogP contribution in [0.25, 0.3) is 0 Å². The lowest BCUT2D eigenvalue weighted by Gasteiger charge is -2.41. The van der Waals surface area contributed by atoms with Crippen molar-refractivity contribution in [3.8, 4) is 0 Å². The van der Waals surface area contributed by atoms with Crippen LogP contribution in [0.15, 0.2) is 18.2 Å². The van der Waals surface area contributed by atoms with Crippen molar-refractivity contribution >= 4 is 36.5 Å². The van der Waals surface area contributed by atoms with Gasteiger partial charge in [0, 0.05) is 24.7 Å². The molecule has 1 aromatic carbocycles. The minimum atomic E-state index is -1.19. The Balaban J connectivity index is 0.000000941. The number of hydrogen-bond donors (Lipinski definition) is 3. The van der Waals surface area contributed by atoms with Gasteiger partial charge in [0.1, 0.15) is 0 Å². The third-order valence-electron chi connectivity index (χ3n) is 6.13. The van der Waals surface area contributed by atoms with Gasteiger partial charge in [-0.25, -0.2) is 0 Å². The molecule has 0 radical (unpaired) electrons. The molecule has 0 aromatic heterocycles. The van der Waals surface area contributed by atoms with Crippen molar-refractivity contribution in [3.05, 3.63) is 33.8 Å². The summed E-state index contributed by atoms with van der Waals surface area (Å²) in [6.45, 7) is 0.933. The van der Waals surface area contributed by atoms with Crippen molar-refractivity contribution in [3.63, 3.8) is 0 Å². The maximum atomic E-state index is 8.93. The molecule has 3 atom stereocenters. The summed E-state index contributed by atoms with van der Waals surface area (Å²) >= 11 is 12.2. The van der Waals surface area contributed by atoms with Crippen LogP contribution in [0.5, 0.6) is 0 Å². The van der Waals surface area contributed by atoms with E-state index in [9.17, 15) is 0 Å². The molecule has 4 N–H and O–H groups in total. The van der Waals surface area contributed by atoms with E-state index in [2.05, 4.69) is 11.0 Å². The minimum absolute atomic E-state index is 0.223. The summed E-state index contributed by atoms with van der Waals surface area (Å²) < 4.78 is 0. The average molecular weight is 443 g/mol. The number of carbonyl (C=O) groups excluding carboxylic acids is 2. The molecule has 0 amide bonds. The van der Waals surface area contributed by atoms with Crippen molar-refractivity contribution < 1.29 is 19.6 Å². The lowest BCUT2D eigenvalue weighted by molar-refractivity contribution is -0.191. The van der Waals surface area contributed by atoms with Crippen LogP contribution in [0.4, 0.5) is 0 Å². The molecule has 0 saturated carbocycles. The van der Waals surface area contributed by atoms with E-state index < -0.39 is 7.12 Å². The van der Waals surface area contributed by atoms with Crippen molar-refractivity contribution in [1.29, 1.82) is 0 Å². The Kier molecular flexibility index (Phi) is 10.1. The third-order valence-corrected chi connectivity index (χ3v) is 6.86. The summed E-state index contributed by atoms with van der Waals surface area (Å²) in [4.78, 5) is 18.9. The SMILES string of the molecule is NC(CCCCB(O)O)C1CC2CCC(C1)N2Cc1ccc(Cl)c(Cl)c1.O=C=O. The zero-order valence-corrected chi connectivity index (χ0v) is 18.0. The van der Waals surface area contributed by atoms with E-state index in [4.69, 9.17) is 48.6 Å². The van der Waals surface area contributed by atoms with Gasteiger partial charge < -0.3 is 15.8 Å². The van der Waals surface area contributed by atoms with Gasteiger partial charge in [-0.15, -0.1) is 0 Å². The summed E-state index contributed by atoms with van der Waals surface area (Å²) in [5, 5.41) is 19.1. The zero-order chi connectivity index (χ0) is 21.4. The number of nitrogens with two attached hydrogens (primary N) is 1. The molecule has 2 heterocycles. The molecule has 3 rings (SSSR count). The molecule has 2 bridgehead atoms. The Morgan fingerprint density at radius 2 is 1.76 bits per heavy atom. The lowest BCUT2D eigenvalue weighted by atomic mass is 9.80. The van der Waals surface area contributed by atoms with Crippen LogP contribution < -0.4 is 5.73 Å². The van der Waals surface area contributed by atoms with E-state index >= 15 is 0 Å². The predicted octanol–water partition coefficient (Wildman–Crippen LogP) is 3.12. The Morgan fingerprint density at radius 3 is 2.31 bits per heavy atom. The molecule has 0 spiro atoms. The molecular formula is C20H29BCl2N2O4. The fourth-order valence-electron chi connectivity index (χ4n) is 4.72. The molecule has 0 aliphatic carbocycles. The summed E-state index contributed by atoms with van der Waals surface area (Å²) in [5.74, 6) is 0.580. The third kappa shape index (κ3) is 7.37. The average Bonchev–Trinajstić information content (AvgIpc) is 2.89. The molecule has 3 unspecified atom stereocenters. The smallest absolute Gasteiger partial charge is 0.427 e. The van der Waals surface area contributed by atoms with Gasteiger partial charge >= 0.3 is 13.3 Å². The van der Waals surface area contributed by atoms with Crippen LogP contribution in [0.3, 0.4) is 0 Å². The quantitative estimate of drug-likeness (QED) is 0.422. The van der Waals surface area contributed by atoms with Crippen molar-refractivity contribution in [2.75, 3.05) is 0 Å². The normalized spacial score (nSPS) is 24.4. The van der Waals surface area contributed by atoms with Gasteiger partial charge in [-0.1, -0.05) is 42.1 Å². The molecule has 2 aliphatic heterocycles. The van der Waals surface area contributed by atoms with Crippen molar-refractivity contribution in [1.82, 2.24) is 4.90 Å². The van der Waals surface area contributed by atoms with Crippen LogP contribution in [-0.2, 0) is 16.1 Å². The zero-order valence-electron chi connectivity index (χ0n) is 16.5. The summed E-state index contributed by atoms with van der Waals surface area (Å²) in [5.41, 5.74) is 7.70. The highest BCUT2D eigenvalue weighted by atomic mass is 35.5. The summed E-state index contributed by atoms with van der Waals surface area (Å²) in [6.07, 6.45) is 8.32. The number of nitrogens with zero attached hydrogens (tertiary/aromatic N) is 1. The van der Waals surface area contributed by atoms with E-state index in [0.717, 1.165) is 25.8 Å². The number of rotatable bonds is 8. The highest BCUT2D eigenvalue weighted by Gasteiger charge is 2.41. The second kappa shape index (κ2) is 12.1. The Morgan fingerprint density at radius 1 is 1.14 bits per heavy atom. The lowest BCUT2D eigenvalue weighted by Crippen LogP contribution is -2.46. The largest absolute Gasteiger partial charge is 0.451 e. The van der Waals surface area contributed by atoms with E-state index in [1.54, 1.807) is 0 Å². The maximum absolute atomic E-state index is 8.93. The van der Waals surface area contributed by atoms with Crippen LogP contribution >= 0.6 is 23.2 Å². The Labute approximate surface area is 182 Å². The van der Waals surface area contributed by atoms with Gasteiger partial charge in [-0.3, -0.25) is 4.90 Å². The second-order valence-corrected chi connectivity index (χ2v) is 8.86. The highest BCUT2D eigenvalue weighted by Crippen LogP contribution is 2.41. The summed E-state index contributed by atoms with van der Waals surface area (Å²) in [7, 11) is -1.19. The molecule has 160 valence electrons. The van der Waals surface area contributed by atoms with Gasteiger partial charge in [0.05, 0.1) is 10.0 Å². The van der Waals surface area contributed by atoms with Gasteiger partial charge in [0.25, 0.3) is 0 Å². The van der Waals surface area contributed by atoms with E-state index in [1.165, 1.54) is 31.2 Å². The van der Waals surface area contributed by atoms with E-state index in [1.807, 2.05) is 12.1 Å². The van der Waals surface area contributed by atoms with E-state index in [0.29, 0.717) is 34.4 Å². The first-order valence-electron chi connectivity index (χ1n) is 10.2. The second-order valence-electron chi connectivity index (χ2n) is 8.05. The van der Waals surface area contributed by atoms with Crippen LogP contribution in [0.2, 0.25) is 16.4 Å². The molecule has 2 aliphatic rings. The number of fused-ring (bicyclic) bond motifs is 2. The molecule has 9 heteroatoms. The Bertz CT molecular complexity index is 674. The molecule has 6 nitrogen and oxygen atoms in total. The number of hydrogen-bond acceptors (Lipinski definition) is 6. The Hall–Kier alpha value is -0.915. The highest BCUT2D eigenvalue weighted by molar-refractivity contribution is 6.42. The van der Waals surface area contributed by atoms with Crippen LogP contribution in [0.1, 0.15) is 50.5 Å². The van der Waals surface area contributed by atoms with E-state index in [-0.39, 0.29) is 12.2 Å². The van der Waals surface area contributed by atoms with Gasteiger partial charge in [-0.05, 0) is 62.0 Å². The minimum Gasteiger partial charge on any atom is -0.427 e. The molecule has 2 saturated heterocycles.